The molecule has 0 fully saturated rings. The van der Waals surface area contributed by atoms with Gasteiger partial charge in [0, 0.05) is 6.92 Å². The fraction of sp³-hybridized carbons (Fsp3) is 0.375. The third-order valence-electron chi connectivity index (χ3n) is 2.12. The molecule has 7 nitrogen and oxygen atoms in total. The molecule has 0 aromatic rings. The smallest absolute Gasteiger partial charge is 0.303 e. The molecule has 0 aliphatic heterocycles. The zero-order valence-electron chi connectivity index (χ0n) is 8.41. The number of carbonyl (C=O) groups is 1. The number of carbonyl (C=O) groups excluding carboxylic acids is 1. The van der Waals surface area contributed by atoms with E-state index in [2.05, 4.69) is 5.32 Å². The quantitative estimate of drug-likeness (QED) is 0.439. The van der Waals surface area contributed by atoms with E-state index in [0.717, 1.165) is 13.0 Å². The molecule has 0 heterocycles. The minimum absolute atomic E-state index is 0.377. The Kier molecular flexibility index (Phi) is 3.20. The molecule has 16 heavy (non-hydrogen) atoms. The van der Waals surface area contributed by atoms with E-state index in [1.54, 1.807) is 0 Å². The van der Waals surface area contributed by atoms with E-state index in [9.17, 15) is 18.3 Å². The number of amides is 1. The molecule has 0 saturated carbocycles. The van der Waals surface area contributed by atoms with Crippen molar-refractivity contribution in [1.82, 2.24) is 5.32 Å². The first-order valence-electron chi connectivity index (χ1n) is 4.31. The van der Waals surface area contributed by atoms with Gasteiger partial charge in [-0.2, -0.15) is 8.42 Å². The molecule has 1 amide bonds. The van der Waals surface area contributed by atoms with Gasteiger partial charge in [-0.1, -0.05) is 12.2 Å². The van der Waals surface area contributed by atoms with Crippen LogP contribution in [0.1, 0.15) is 6.92 Å². The molecular formula is C8H12N2O5S. The fourth-order valence-corrected chi connectivity index (χ4v) is 2.15. The van der Waals surface area contributed by atoms with E-state index in [4.69, 9.17) is 10.3 Å². The Morgan fingerprint density at radius 1 is 1.62 bits per heavy atom. The first-order valence-corrected chi connectivity index (χ1v) is 5.75. The third kappa shape index (κ3) is 2.00. The van der Waals surface area contributed by atoms with E-state index in [-0.39, 0.29) is 5.70 Å². The Labute approximate surface area is 92.4 Å². The van der Waals surface area contributed by atoms with Gasteiger partial charge in [0.1, 0.15) is 0 Å². The lowest BCUT2D eigenvalue weighted by Gasteiger charge is -2.33. The summed E-state index contributed by atoms with van der Waals surface area (Å²) in [5, 5.41) is 12.0. The van der Waals surface area contributed by atoms with Crippen LogP contribution in [0, 0.1) is 0 Å². The Hall–Kier alpha value is -1.22. The fourth-order valence-electron chi connectivity index (χ4n) is 1.33. The SMILES string of the molecule is CC(=O)NC1=CC=CC(N)C1(O)S(=O)(=O)O. The highest BCUT2D eigenvalue weighted by atomic mass is 32.2. The molecular weight excluding hydrogens is 236 g/mol. The molecule has 0 aromatic heterocycles. The van der Waals surface area contributed by atoms with Crippen molar-refractivity contribution in [2.24, 2.45) is 5.73 Å². The summed E-state index contributed by atoms with van der Waals surface area (Å²) < 4.78 is 31.2. The summed E-state index contributed by atoms with van der Waals surface area (Å²) in [4.78, 5) is 8.10. The van der Waals surface area contributed by atoms with Crippen LogP contribution in [0.15, 0.2) is 23.9 Å². The number of rotatable bonds is 2. The van der Waals surface area contributed by atoms with Gasteiger partial charge in [0.2, 0.25) is 5.91 Å². The first-order chi connectivity index (χ1) is 7.19. The van der Waals surface area contributed by atoms with Crippen molar-refractivity contribution in [3.05, 3.63) is 23.9 Å². The van der Waals surface area contributed by atoms with Crippen molar-refractivity contribution < 1.29 is 22.9 Å². The molecule has 0 radical (unpaired) electrons. The number of allylic oxidation sites excluding steroid dienone is 2. The van der Waals surface area contributed by atoms with Gasteiger partial charge in [-0.15, -0.1) is 0 Å². The van der Waals surface area contributed by atoms with Crippen LogP contribution in [-0.2, 0) is 14.9 Å². The lowest BCUT2D eigenvalue weighted by Crippen LogP contribution is -2.58. The minimum atomic E-state index is -4.87. The van der Waals surface area contributed by atoms with Crippen molar-refractivity contribution >= 4 is 16.0 Å². The molecule has 2 atom stereocenters. The van der Waals surface area contributed by atoms with Crippen LogP contribution in [0.25, 0.3) is 0 Å². The van der Waals surface area contributed by atoms with Gasteiger partial charge in [-0.25, -0.2) is 0 Å². The summed E-state index contributed by atoms with van der Waals surface area (Å²) in [6.45, 7) is 1.13. The molecule has 8 heteroatoms. The van der Waals surface area contributed by atoms with Crippen LogP contribution in [0.3, 0.4) is 0 Å². The van der Waals surface area contributed by atoms with Crippen molar-refractivity contribution in [2.75, 3.05) is 0 Å². The van der Waals surface area contributed by atoms with E-state index >= 15 is 0 Å². The van der Waals surface area contributed by atoms with E-state index in [0.29, 0.717) is 0 Å². The largest absolute Gasteiger partial charge is 0.366 e. The predicted octanol–water partition coefficient (Wildman–Crippen LogP) is -1.52. The summed E-state index contributed by atoms with van der Waals surface area (Å²) in [6, 6.07) is -1.37. The second-order valence-corrected chi connectivity index (χ2v) is 4.92. The molecule has 0 aromatic carbocycles. The van der Waals surface area contributed by atoms with Gasteiger partial charge in [-0.05, 0) is 6.08 Å². The van der Waals surface area contributed by atoms with Gasteiger partial charge in [-0.3, -0.25) is 9.35 Å². The van der Waals surface area contributed by atoms with Gasteiger partial charge in [0.15, 0.2) is 0 Å². The highest BCUT2D eigenvalue weighted by Gasteiger charge is 2.50. The lowest BCUT2D eigenvalue weighted by atomic mass is 10.0. The second-order valence-electron chi connectivity index (χ2n) is 3.34. The van der Waals surface area contributed by atoms with Crippen LogP contribution in [-0.4, -0.2) is 35.0 Å². The highest BCUT2D eigenvalue weighted by molar-refractivity contribution is 7.87. The van der Waals surface area contributed by atoms with Crippen molar-refractivity contribution in [3.8, 4) is 0 Å². The number of nitrogens with two attached hydrogens (primary N) is 1. The number of hydrogen-bond donors (Lipinski definition) is 4. The lowest BCUT2D eigenvalue weighted by molar-refractivity contribution is -0.118. The van der Waals surface area contributed by atoms with Gasteiger partial charge in [0.25, 0.3) is 4.93 Å². The van der Waals surface area contributed by atoms with Crippen LogP contribution in [0.5, 0.6) is 0 Å². The average Bonchev–Trinajstić information content (AvgIpc) is 2.10. The van der Waals surface area contributed by atoms with Crippen LogP contribution in [0.2, 0.25) is 0 Å². The van der Waals surface area contributed by atoms with Gasteiger partial charge < -0.3 is 16.2 Å². The maximum atomic E-state index is 11.1. The number of aliphatic hydroxyl groups is 1. The molecule has 5 N–H and O–H groups in total. The molecule has 0 spiro atoms. The van der Waals surface area contributed by atoms with Crippen molar-refractivity contribution in [1.29, 1.82) is 0 Å². The average molecular weight is 248 g/mol. The van der Waals surface area contributed by atoms with E-state index in [1.165, 1.54) is 12.2 Å². The Morgan fingerprint density at radius 2 is 2.19 bits per heavy atom. The van der Waals surface area contributed by atoms with Crippen LogP contribution in [0.4, 0.5) is 0 Å². The topological polar surface area (TPSA) is 130 Å². The Bertz CT molecular complexity index is 467. The van der Waals surface area contributed by atoms with E-state index < -0.39 is 27.0 Å². The summed E-state index contributed by atoms with van der Waals surface area (Å²) >= 11 is 0. The number of hydrogen-bond acceptors (Lipinski definition) is 5. The summed E-state index contributed by atoms with van der Waals surface area (Å²) in [5.41, 5.74) is 5.02. The Morgan fingerprint density at radius 3 is 2.62 bits per heavy atom. The number of nitrogens with one attached hydrogen (secondary N) is 1. The molecule has 0 bridgehead atoms. The molecule has 90 valence electrons. The molecule has 0 saturated heterocycles. The maximum Gasteiger partial charge on any atom is 0.303 e. The molecule has 1 aliphatic carbocycles. The predicted molar refractivity (Wildman–Crippen MR) is 55.5 cm³/mol. The van der Waals surface area contributed by atoms with Crippen LogP contribution < -0.4 is 11.1 Å². The third-order valence-corrected chi connectivity index (χ3v) is 3.40. The molecule has 1 rings (SSSR count). The van der Waals surface area contributed by atoms with Gasteiger partial charge in [0.05, 0.1) is 11.7 Å². The summed E-state index contributed by atoms with van der Waals surface area (Å²) in [6.07, 6.45) is 3.72. The maximum absolute atomic E-state index is 11.1. The molecule has 2 unspecified atom stereocenters. The second kappa shape index (κ2) is 3.98. The van der Waals surface area contributed by atoms with E-state index in [1.807, 2.05) is 0 Å². The van der Waals surface area contributed by atoms with Crippen molar-refractivity contribution in [3.63, 3.8) is 0 Å². The summed E-state index contributed by atoms with van der Waals surface area (Å²) in [5.74, 6) is -0.587. The Balaban J connectivity index is 3.28. The zero-order chi connectivity index (χ0) is 12.6. The minimum Gasteiger partial charge on any atom is -0.366 e. The van der Waals surface area contributed by atoms with Crippen LogP contribution >= 0.6 is 0 Å². The highest BCUT2D eigenvalue weighted by Crippen LogP contribution is 2.28. The molecule has 1 aliphatic rings. The monoisotopic (exact) mass is 248 g/mol. The summed E-state index contributed by atoms with van der Waals surface area (Å²) in [7, 11) is -4.87. The zero-order valence-corrected chi connectivity index (χ0v) is 9.23. The normalized spacial score (nSPS) is 29.8. The van der Waals surface area contributed by atoms with Crippen molar-refractivity contribution in [2.45, 2.75) is 17.9 Å². The van der Waals surface area contributed by atoms with Gasteiger partial charge >= 0.3 is 10.1 Å². The first kappa shape index (κ1) is 12.8. The standard InChI is InChI=1S/C8H12N2O5S/c1-5(11)10-7-4-2-3-6(9)8(7,12)16(13,14)15/h2-4,6,12H,9H2,1H3,(H,10,11)(H,13,14,15).